The molecule has 0 amide bonds. The van der Waals surface area contributed by atoms with Crippen LogP contribution in [-0.2, 0) is 15.3 Å². The third-order valence-corrected chi connectivity index (χ3v) is 3.46. The molecular formula is C14H21NO2S. The number of hydrogen-bond donors (Lipinski definition) is 1. The first-order valence-electron chi connectivity index (χ1n) is 6.30. The Hall–Kier alpha value is -1.16. The molecule has 0 aliphatic rings. The molecule has 18 heavy (non-hydrogen) atoms. The second-order valence-electron chi connectivity index (χ2n) is 4.16. The van der Waals surface area contributed by atoms with Crippen molar-refractivity contribution in [3.8, 4) is 0 Å². The summed E-state index contributed by atoms with van der Waals surface area (Å²) in [6.07, 6.45) is 3.22. The second-order valence-corrected chi connectivity index (χ2v) is 5.15. The van der Waals surface area contributed by atoms with Crippen LogP contribution in [0.5, 0.6) is 0 Å². The van der Waals surface area contributed by atoms with Crippen LogP contribution in [0.15, 0.2) is 24.3 Å². The largest absolute Gasteiger partial charge is 0.465 e. The summed E-state index contributed by atoms with van der Waals surface area (Å²) in [5, 5.41) is 0. The highest BCUT2D eigenvalue weighted by Crippen LogP contribution is 2.14. The Morgan fingerprint density at radius 1 is 1.28 bits per heavy atom. The lowest BCUT2D eigenvalue weighted by atomic mass is 10.2. The van der Waals surface area contributed by atoms with Gasteiger partial charge in [0, 0.05) is 11.4 Å². The molecule has 0 aromatic heterocycles. The van der Waals surface area contributed by atoms with Gasteiger partial charge in [-0.25, -0.2) is 0 Å². The Bertz CT molecular complexity index is 351. The van der Waals surface area contributed by atoms with Crippen LogP contribution in [0.3, 0.4) is 0 Å². The molecule has 100 valence electrons. The third kappa shape index (κ3) is 6.55. The summed E-state index contributed by atoms with van der Waals surface area (Å²) in [6.45, 7) is 2.68. The molecule has 1 aromatic rings. The maximum atomic E-state index is 11.4. The summed E-state index contributed by atoms with van der Waals surface area (Å²) >= 11 is 1.57. The molecular weight excluding hydrogens is 246 g/mol. The Labute approximate surface area is 113 Å². The van der Waals surface area contributed by atoms with E-state index in [4.69, 9.17) is 10.5 Å². The number of ether oxygens (including phenoxy) is 1. The molecule has 1 rings (SSSR count). The van der Waals surface area contributed by atoms with Gasteiger partial charge in [-0.3, -0.25) is 4.79 Å². The second kappa shape index (κ2) is 8.86. The van der Waals surface area contributed by atoms with Gasteiger partial charge in [0.05, 0.1) is 12.4 Å². The van der Waals surface area contributed by atoms with E-state index in [0.29, 0.717) is 12.4 Å². The van der Waals surface area contributed by atoms with Crippen molar-refractivity contribution >= 4 is 23.4 Å². The Morgan fingerprint density at radius 3 is 2.67 bits per heavy atom. The third-order valence-electron chi connectivity index (χ3n) is 2.48. The zero-order valence-electron chi connectivity index (χ0n) is 10.9. The first-order valence-corrected chi connectivity index (χ1v) is 7.45. The molecule has 2 N–H and O–H groups in total. The average molecular weight is 267 g/mol. The van der Waals surface area contributed by atoms with Gasteiger partial charge in [-0.2, -0.15) is 0 Å². The number of carbonyl (C=O) groups excluding carboxylic acids is 1. The minimum atomic E-state index is -0.119. The van der Waals surface area contributed by atoms with Crippen molar-refractivity contribution in [2.75, 3.05) is 18.1 Å². The van der Waals surface area contributed by atoms with Crippen molar-refractivity contribution in [3.05, 3.63) is 29.8 Å². The Balaban J connectivity index is 2.10. The van der Waals surface area contributed by atoms with Crippen molar-refractivity contribution in [3.63, 3.8) is 0 Å². The predicted octanol–water partition coefficient (Wildman–Crippen LogP) is 3.24. The number of nitrogen functional groups attached to an aromatic ring is 1. The van der Waals surface area contributed by atoms with Crippen molar-refractivity contribution in [1.82, 2.24) is 0 Å². The Morgan fingerprint density at radius 2 is 2.00 bits per heavy atom. The van der Waals surface area contributed by atoms with Gasteiger partial charge in [-0.05, 0) is 24.1 Å². The van der Waals surface area contributed by atoms with E-state index >= 15 is 0 Å². The van der Waals surface area contributed by atoms with Crippen molar-refractivity contribution < 1.29 is 9.53 Å². The lowest BCUT2D eigenvalue weighted by molar-refractivity contribution is -0.140. The first kappa shape index (κ1) is 14.9. The van der Waals surface area contributed by atoms with Crippen molar-refractivity contribution in [2.24, 2.45) is 0 Å². The number of hydrogen-bond acceptors (Lipinski definition) is 4. The van der Waals surface area contributed by atoms with E-state index in [1.807, 2.05) is 24.3 Å². The van der Waals surface area contributed by atoms with E-state index in [1.165, 1.54) is 5.56 Å². The topological polar surface area (TPSA) is 52.3 Å². The van der Waals surface area contributed by atoms with Gasteiger partial charge in [-0.15, -0.1) is 11.8 Å². The summed E-state index contributed by atoms with van der Waals surface area (Å²) in [4.78, 5) is 11.4. The van der Waals surface area contributed by atoms with E-state index in [0.717, 1.165) is 30.7 Å². The molecule has 0 saturated heterocycles. The van der Waals surface area contributed by atoms with Crippen molar-refractivity contribution in [2.45, 2.75) is 31.9 Å². The summed E-state index contributed by atoms with van der Waals surface area (Å²) in [5.74, 6) is 1.10. The van der Waals surface area contributed by atoms with Crippen LogP contribution < -0.4 is 5.73 Å². The number of esters is 1. The zero-order valence-corrected chi connectivity index (χ0v) is 11.7. The van der Waals surface area contributed by atoms with Crippen LogP contribution in [0.2, 0.25) is 0 Å². The van der Waals surface area contributed by atoms with Crippen molar-refractivity contribution in [1.29, 1.82) is 0 Å². The first-order chi connectivity index (χ1) is 8.72. The summed E-state index contributed by atoms with van der Waals surface area (Å²) < 4.78 is 5.12. The van der Waals surface area contributed by atoms with E-state index in [9.17, 15) is 4.79 Å². The molecule has 3 nitrogen and oxygen atoms in total. The van der Waals surface area contributed by atoms with Gasteiger partial charge in [0.15, 0.2) is 0 Å². The van der Waals surface area contributed by atoms with Gasteiger partial charge >= 0.3 is 5.97 Å². The highest BCUT2D eigenvalue weighted by atomic mass is 32.2. The quantitative estimate of drug-likeness (QED) is 0.446. The smallest absolute Gasteiger partial charge is 0.315 e. The van der Waals surface area contributed by atoms with Crippen LogP contribution in [0.25, 0.3) is 0 Å². The van der Waals surface area contributed by atoms with Crippen LogP contribution in [-0.4, -0.2) is 18.3 Å². The minimum absolute atomic E-state index is 0.119. The van der Waals surface area contributed by atoms with Crippen LogP contribution in [0.4, 0.5) is 5.69 Å². The molecule has 0 radical (unpaired) electrons. The average Bonchev–Trinajstić information content (AvgIpc) is 2.37. The number of anilines is 1. The van der Waals surface area contributed by atoms with Gasteiger partial charge in [-0.1, -0.05) is 31.9 Å². The molecule has 0 saturated carbocycles. The van der Waals surface area contributed by atoms with Gasteiger partial charge in [0.1, 0.15) is 0 Å². The lowest BCUT2D eigenvalue weighted by Crippen LogP contribution is -2.08. The summed E-state index contributed by atoms with van der Waals surface area (Å²) in [7, 11) is 0. The van der Waals surface area contributed by atoms with Crippen LogP contribution >= 0.6 is 11.8 Å². The number of benzene rings is 1. The van der Waals surface area contributed by atoms with Gasteiger partial charge in [0.25, 0.3) is 0 Å². The SMILES string of the molecule is CCCCCOC(=O)CSCc1ccc(N)cc1. The van der Waals surface area contributed by atoms with Gasteiger partial charge in [0.2, 0.25) is 0 Å². The summed E-state index contributed by atoms with van der Waals surface area (Å²) in [5.41, 5.74) is 7.54. The Kier molecular flexibility index (Phi) is 7.34. The fourth-order valence-electron chi connectivity index (χ4n) is 1.45. The van der Waals surface area contributed by atoms with E-state index in [-0.39, 0.29) is 5.97 Å². The molecule has 0 aliphatic heterocycles. The number of unbranched alkanes of at least 4 members (excludes halogenated alkanes) is 2. The fraction of sp³-hybridized carbons (Fsp3) is 0.500. The van der Waals surface area contributed by atoms with Gasteiger partial charge < -0.3 is 10.5 Å². The minimum Gasteiger partial charge on any atom is -0.465 e. The highest BCUT2D eigenvalue weighted by molar-refractivity contribution is 7.99. The number of rotatable bonds is 8. The molecule has 0 fully saturated rings. The number of carbonyl (C=O) groups is 1. The molecule has 0 heterocycles. The van der Waals surface area contributed by atoms with Crippen LogP contribution in [0.1, 0.15) is 31.7 Å². The number of thioether (sulfide) groups is 1. The molecule has 0 spiro atoms. The molecule has 0 bridgehead atoms. The standard InChI is InChI=1S/C14H21NO2S/c1-2-3-4-9-17-14(16)11-18-10-12-5-7-13(15)8-6-12/h5-8H,2-4,9-11,15H2,1H3. The number of nitrogens with two attached hydrogens (primary N) is 1. The molecule has 0 unspecified atom stereocenters. The van der Waals surface area contributed by atoms with E-state index in [1.54, 1.807) is 11.8 Å². The molecule has 4 heteroatoms. The summed E-state index contributed by atoms with van der Waals surface area (Å²) in [6, 6.07) is 7.71. The maximum Gasteiger partial charge on any atom is 0.315 e. The fourth-order valence-corrected chi connectivity index (χ4v) is 2.23. The highest BCUT2D eigenvalue weighted by Gasteiger charge is 2.03. The molecule has 1 aromatic carbocycles. The molecule has 0 aliphatic carbocycles. The lowest BCUT2D eigenvalue weighted by Gasteiger charge is -2.04. The van der Waals surface area contributed by atoms with E-state index in [2.05, 4.69) is 6.92 Å². The maximum absolute atomic E-state index is 11.4. The van der Waals surface area contributed by atoms with E-state index < -0.39 is 0 Å². The normalized spacial score (nSPS) is 10.3. The molecule has 0 atom stereocenters. The predicted molar refractivity (Wildman–Crippen MR) is 77.5 cm³/mol. The van der Waals surface area contributed by atoms with Crippen LogP contribution in [0, 0.1) is 0 Å². The monoisotopic (exact) mass is 267 g/mol. The zero-order chi connectivity index (χ0) is 13.2.